The molecule has 0 fully saturated rings. The molecular weight excluding hydrogens is 313 g/mol. The summed E-state index contributed by atoms with van der Waals surface area (Å²) in [5.41, 5.74) is 6.10. The van der Waals surface area contributed by atoms with Crippen LogP contribution in [0.4, 0.5) is 10.2 Å². The summed E-state index contributed by atoms with van der Waals surface area (Å²) < 4.78 is 40.3. The maximum absolute atomic E-state index is 13.5. The van der Waals surface area contributed by atoms with Crippen LogP contribution in [0, 0.1) is 12.7 Å². The summed E-state index contributed by atoms with van der Waals surface area (Å²) in [6, 6.07) is 6.55. The minimum absolute atomic E-state index is 0.120. The molecule has 5 nitrogen and oxygen atoms in total. The van der Waals surface area contributed by atoms with Crippen molar-refractivity contribution in [1.82, 2.24) is 4.98 Å². The van der Waals surface area contributed by atoms with Crippen LogP contribution < -0.4 is 10.5 Å². The number of sulfonamides is 1. The van der Waals surface area contributed by atoms with Gasteiger partial charge in [-0.1, -0.05) is 12.2 Å². The Bertz CT molecular complexity index is 807. The van der Waals surface area contributed by atoms with Crippen molar-refractivity contribution in [3.63, 3.8) is 0 Å². The van der Waals surface area contributed by atoms with Crippen LogP contribution >= 0.6 is 12.2 Å². The number of nitrogens with zero attached hydrogens (tertiary/aromatic N) is 1. The number of thiocarbonyl (C=S) groups is 1. The molecule has 0 aliphatic heterocycles. The summed E-state index contributed by atoms with van der Waals surface area (Å²) in [4.78, 5) is 3.56. The van der Waals surface area contributed by atoms with Crippen molar-refractivity contribution in [2.24, 2.45) is 5.73 Å². The van der Waals surface area contributed by atoms with Crippen LogP contribution in [0.25, 0.3) is 0 Å². The molecule has 2 aromatic rings. The molecule has 110 valence electrons. The van der Waals surface area contributed by atoms with E-state index in [1.807, 2.05) is 6.92 Å². The molecule has 21 heavy (non-hydrogen) atoms. The number of halogens is 1. The number of hydrogen-bond acceptors (Lipinski definition) is 4. The first-order chi connectivity index (χ1) is 9.79. The number of nitrogens with one attached hydrogen (secondary N) is 1. The molecule has 0 aliphatic carbocycles. The third-order valence-corrected chi connectivity index (χ3v) is 4.24. The van der Waals surface area contributed by atoms with E-state index in [1.165, 1.54) is 6.20 Å². The fourth-order valence-corrected chi connectivity index (χ4v) is 2.83. The molecule has 0 atom stereocenters. The van der Waals surface area contributed by atoms with Crippen molar-refractivity contribution in [2.45, 2.75) is 11.8 Å². The molecule has 0 spiro atoms. The zero-order valence-electron chi connectivity index (χ0n) is 11.0. The number of nitrogens with two attached hydrogens (primary N) is 1. The van der Waals surface area contributed by atoms with Crippen LogP contribution in [-0.2, 0) is 10.0 Å². The van der Waals surface area contributed by atoms with Gasteiger partial charge >= 0.3 is 0 Å². The quantitative estimate of drug-likeness (QED) is 0.840. The van der Waals surface area contributed by atoms with Crippen molar-refractivity contribution < 1.29 is 12.8 Å². The van der Waals surface area contributed by atoms with Gasteiger partial charge in [-0.2, -0.15) is 0 Å². The summed E-state index contributed by atoms with van der Waals surface area (Å²) in [5, 5.41) is 0. The molecule has 0 radical (unpaired) electrons. The van der Waals surface area contributed by atoms with Crippen molar-refractivity contribution in [3.8, 4) is 0 Å². The van der Waals surface area contributed by atoms with Gasteiger partial charge in [0.25, 0.3) is 10.0 Å². The number of anilines is 1. The van der Waals surface area contributed by atoms with Gasteiger partial charge in [0.05, 0.1) is 4.90 Å². The summed E-state index contributed by atoms with van der Waals surface area (Å²) in [6.07, 6.45) is 1.48. The summed E-state index contributed by atoms with van der Waals surface area (Å²) in [7, 11) is -3.90. The highest BCUT2D eigenvalue weighted by Gasteiger charge is 2.18. The third-order valence-electron chi connectivity index (χ3n) is 2.67. The largest absolute Gasteiger partial charge is 0.389 e. The second kappa shape index (κ2) is 5.74. The van der Waals surface area contributed by atoms with Gasteiger partial charge in [-0.3, -0.25) is 4.72 Å². The van der Waals surface area contributed by atoms with Gasteiger partial charge in [-0.05, 0) is 42.8 Å². The second-order valence-electron chi connectivity index (χ2n) is 4.33. The average molecular weight is 325 g/mol. The van der Waals surface area contributed by atoms with Crippen LogP contribution in [0.15, 0.2) is 41.4 Å². The van der Waals surface area contributed by atoms with E-state index in [0.29, 0.717) is 0 Å². The predicted molar refractivity (Wildman–Crippen MR) is 82.1 cm³/mol. The number of rotatable bonds is 4. The van der Waals surface area contributed by atoms with E-state index in [4.69, 9.17) is 5.73 Å². The average Bonchev–Trinajstić information content (AvgIpc) is 2.38. The molecule has 0 bridgehead atoms. The van der Waals surface area contributed by atoms with Crippen LogP contribution in [0.3, 0.4) is 0 Å². The van der Waals surface area contributed by atoms with Gasteiger partial charge < -0.3 is 5.73 Å². The molecule has 3 N–H and O–H groups in total. The molecular formula is C13H12FN3O2S2. The first-order valence-electron chi connectivity index (χ1n) is 5.84. The SMILES string of the molecule is Cc1ccnc(NS(=O)(=O)c2ccc(F)c(C(N)=S)c2)c1. The molecule has 0 amide bonds. The van der Waals surface area contributed by atoms with Gasteiger partial charge in [0.2, 0.25) is 0 Å². The van der Waals surface area contributed by atoms with E-state index in [1.54, 1.807) is 12.1 Å². The van der Waals surface area contributed by atoms with Crippen molar-refractivity contribution in [2.75, 3.05) is 4.72 Å². The van der Waals surface area contributed by atoms with E-state index in [2.05, 4.69) is 21.9 Å². The molecule has 0 unspecified atom stereocenters. The van der Waals surface area contributed by atoms with Crippen molar-refractivity contribution >= 4 is 33.0 Å². The standard InChI is InChI=1S/C13H12FN3O2S2/c1-8-4-5-16-12(6-8)17-21(18,19)9-2-3-11(14)10(7-9)13(15)20/h2-7H,1H3,(H2,15,20)(H,16,17). The highest BCUT2D eigenvalue weighted by atomic mass is 32.2. The van der Waals surface area contributed by atoms with E-state index >= 15 is 0 Å². The summed E-state index contributed by atoms with van der Waals surface area (Å²) >= 11 is 4.69. The first-order valence-corrected chi connectivity index (χ1v) is 7.73. The highest BCUT2D eigenvalue weighted by Crippen LogP contribution is 2.18. The fraction of sp³-hybridized carbons (Fsp3) is 0.0769. The van der Waals surface area contributed by atoms with Crippen LogP contribution in [0.1, 0.15) is 11.1 Å². The normalized spacial score (nSPS) is 11.1. The smallest absolute Gasteiger partial charge is 0.263 e. The monoisotopic (exact) mass is 325 g/mol. The lowest BCUT2D eigenvalue weighted by atomic mass is 10.2. The Hall–Kier alpha value is -2.06. The Morgan fingerprint density at radius 2 is 2.05 bits per heavy atom. The summed E-state index contributed by atoms with van der Waals surface area (Å²) in [6.45, 7) is 1.81. The van der Waals surface area contributed by atoms with Crippen molar-refractivity contribution in [1.29, 1.82) is 0 Å². The lowest BCUT2D eigenvalue weighted by molar-refractivity contribution is 0.599. The zero-order chi connectivity index (χ0) is 15.6. The number of benzene rings is 1. The van der Waals surface area contributed by atoms with Gasteiger partial charge in [0, 0.05) is 11.8 Å². The van der Waals surface area contributed by atoms with Crippen molar-refractivity contribution in [3.05, 3.63) is 53.5 Å². The molecule has 0 saturated carbocycles. The Morgan fingerprint density at radius 1 is 1.33 bits per heavy atom. The maximum Gasteiger partial charge on any atom is 0.263 e. The highest BCUT2D eigenvalue weighted by molar-refractivity contribution is 7.92. The first kappa shape index (κ1) is 15.3. The van der Waals surface area contributed by atoms with Crippen LogP contribution in [-0.4, -0.2) is 18.4 Å². The second-order valence-corrected chi connectivity index (χ2v) is 6.45. The van der Waals surface area contributed by atoms with Gasteiger partial charge in [-0.25, -0.2) is 17.8 Å². The Morgan fingerprint density at radius 3 is 2.67 bits per heavy atom. The Kier molecular flexibility index (Phi) is 4.19. The molecule has 1 heterocycles. The van der Waals surface area contributed by atoms with Crippen LogP contribution in [0.2, 0.25) is 0 Å². The Balaban J connectivity index is 2.40. The molecule has 8 heteroatoms. The Labute approximate surface area is 127 Å². The summed E-state index contributed by atoms with van der Waals surface area (Å²) in [5.74, 6) is -0.494. The molecule has 0 aliphatic rings. The van der Waals surface area contributed by atoms with E-state index in [0.717, 1.165) is 23.8 Å². The number of hydrogen-bond donors (Lipinski definition) is 2. The van der Waals surface area contributed by atoms with E-state index in [9.17, 15) is 12.8 Å². The topological polar surface area (TPSA) is 85.1 Å². The van der Waals surface area contributed by atoms with Gasteiger partial charge in [0.15, 0.2) is 0 Å². The predicted octanol–water partition coefficient (Wildman–Crippen LogP) is 1.96. The molecule has 1 aromatic heterocycles. The minimum Gasteiger partial charge on any atom is -0.389 e. The van der Waals surface area contributed by atoms with E-state index < -0.39 is 15.8 Å². The van der Waals surface area contributed by atoms with Gasteiger partial charge in [-0.15, -0.1) is 0 Å². The zero-order valence-corrected chi connectivity index (χ0v) is 12.6. The molecule has 2 rings (SSSR count). The fourth-order valence-electron chi connectivity index (χ4n) is 1.65. The van der Waals surface area contributed by atoms with Gasteiger partial charge in [0.1, 0.15) is 16.6 Å². The molecule has 1 aromatic carbocycles. The molecule has 0 saturated heterocycles. The minimum atomic E-state index is -3.90. The van der Waals surface area contributed by atoms with E-state index in [-0.39, 0.29) is 21.3 Å². The number of aromatic nitrogens is 1. The lowest BCUT2D eigenvalue weighted by Gasteiger charge is -2.09. The van der Waals surface area contributed by atoms with Crippen LogP contribution in [0.5, 0.6) is 0 Å². The number of pyridine rings is 1. The lowest BCUT2D eigenvalue weighted by Crippen LogP contribution is -2.17. The third kappa shape index (κ3) is 3.53. The maximum atomic E-state index is 13.5. The number of aryl methyl sites for hydroxylation is 1.